The maximum absolute atomic E-state index is 5.61. The zero-order valence-electron chi connectivity index (χ0n) is 8.44. The van der Waals surface area contributed by atoms with Crippen molar-refractivity contribution in [2.45, 2.75) is 23.2 Å². The molecule has 6 heteroatoms. The summed E-state index contributed by atoms with van der Waals surface area (Å²) in [7, 11) is 0. The third-order valence-electron chi connectivity index (χ3n) is 2.30. The van der Waals surface area contributed by atoms with Gasteiger partial charge in [-0.05, 0) is 25.9 Å². The van der Waals surface area contributed by atoms with Crippen molar-refractivity contribution >= 4 is 23.4 Å². The van der Waals surface area contributed by atoms with Crippen molar-refractivity contribution in [3.05, 3.63) is 6.07 Å². The summed E-state index contributed by atoms with van der Waals surface area (Å²) in [6, 6.07) is 1.58. The van der Waals surface area contributed by atoms with E-state index in [1.165, 1.54) is 0 Å². The van der Waals surface area contributed by atoms with Gasteiger partial charge in [-0.2, -0.15) is 0 Å². The minimum atomic E-state index is 0.443. The second-order valence-corrected chi connectivity index (χ2v) is 4.83. The minimum absolute atomic E-state index is 0.443. The first kappa shape index (κ1) is 10.5. The molecule has 5 N–H and O–H groups in total. The van der Waals surface area contributed by atoms with Crippen LogP contribution >= 0.6 is 11.8 Å². The van der Waals surface area contributed by atoms with Gasteiger partial charge < -0.3 is 16.8 Å². The molecule has 1 fully saturated rings. The van der Waals surface area contributed by atoms with Crippen molar-refractivity contribution in [3.63, 3.8) is 0 Å². The Morgan fingerprint density at radius 2 is 1.80 bits per heavy atom. The summed E-state index contributed by atoms with van der Waals surface area (Å²) in [5.41, 5.74) is 11.2. The van der Waals surface area contributed by atoms with Crippen LogP contribution in [0.15, 0.2) is 11.2 Å². The fourth-order valence-corrected chi connectivity index (χ4v) is 2.66. The van der Waals surface area contributed by atoms with Crippen LogP contribution in [0.25, 0.3) is 0 Å². The van der Waals surface area contributed by atoms with Crippen LogP contribution in [0.5, 0.6) is 0 Å². The van der Waals surface area contributed by atoms with E-state index in [2.05, 4.69) is 15.3 Å². The molecule has 1 aliphatic rings. The Balaban J connectivity index is 2.02. The molecule has 0 amide bonds. The van der Waals surface area contributed by atoms with E-state index < -0.39 is 0 Å². The van der Waals surface area contributed by atoms with E-state index in [1.807, 2.05) is 0 Å². The van der Waals surface area contributed by atoms with Crippen molar-refractivity contribution in [1.82, 2.24) is 15.3 Å². The van der Waals surface area contributed by atoms with E-state index in [0.29, 0.717) is 22.0 Å². The number of piperidine rings is 1. The Labute approximate surface area is 93.0 Å². The highest BCUT2D eigenvalue weighted by Gasteiger charge is 2.15. The fourth-order valence-electron chi connectivity index (χ4n) is 1.58. The first-order chi connectivity index (χ1) is 7.24. The lowest BCUT2D eigenvalue weighted by Crippen LogP contribution is -2.29. The number of nitrogen functional groups attached to an aromatic ring is 2. The van der Waals surface area contributed by atoms with E-state index in [9.17, 15) is 0 Å². The normalized spacial score (nSPS) is 17.9. The van der Waals surface area contributed by atoms with Crippen LogP contribution in [0.4, 0.5) is 11.6 Å². The van der Waals surface area contributed by atoms with Crippen molar-refractivity contribution < 1.29 is 0 Å². The molecule has 0 aliphatic carbocycles. The largest absolute Gasteiger partial charge is 0.383 e. The third kappa shape index (κ3) is 2.97. The minimum Gasteiger partial charge on any atom is -0.383 e. The lowest BCUT2D eigenvalue weighted by molar-refractivity contribution is 0.531. The Kier molecular flexibility index (Phi) is 3.27. The quantitative estimate of drug-likeness (QED) is 0.634. The summed E-state index contributed by atoms with van der Waals surface area (Å²) in [6.07, 6.45) is 2.28. The lowest BCUT2D eigenvalue weighted by atomic mass is 10.2. The molecule has 82 valence electrons. The van der Waals surface area contributed by atoms with E-state index in [1.54, 1.807) is 17.8 Å². The fraction of sp³-hybridized carbons (Fsp3) is 0.556. The Hall–Kier alpha value is -1.01. The van der Waals surface area contributed by atoms with Gasteiger partial charge in [-0.15, -0.1) is 0 Å². The number of nitrogens with two attached hydrogens (primary N) is 2. The number of hydrogen-bond donors (Lipinski definition) is 3. The van der Waals surface area contributed by atoms with Gasteiger partial charge in [0.05, 0.1) is 0 Å². The maximum Gasteiger partial charge on any atom is 0.191 e. The topological polar surface area (TPSA) is 89.9 Å². The molecule has 2 rings (SSSR count). The molecule has 0 radical (unpaired) electrons. The summed E-state index contributed by atoms with van der Waals surface area (Å²) in [5, 5.41) is 4.59. The molecule has 0 unspecified atom stereocenters. The average molecular weight is 225 g/mol. The van der Waals surface area contributed by atoms with Gasteiger partial charge in [0.2, 0.25) is 0 Å². The summed E-state index contributed by atoms with van der Waals surface area (Å²) < 4.78 is 0. The van der Waals surface area contributed by atoms with E-state index in [-0.39, 0.29) is 0 Å². The number of rotatable bonds is 2. The summed E-state index contributed by atoms with van der Waals surface area (Å²) in [6.45, 7) is 2.13. The number of hydrogen-bond acceptors (Lipinski definition) is 6. The highest BCUT2D eigenvalue weighted by atomic mass is 32.2. The Bertz CT molecular complexity index is 317. The predicted molar refractivity (Wildman–Crippen MR) is 62.6 cm³/mol. The zero-order valence-corrected chi connectivity index (χ0v) is 9.26. The second-order valence-electron chi connectivity index (χ2n) is 3.57. The first-order valence-electron chi connectivity index (χ1n) is 5.01. The van der Waals surface area contributed by atoms with Crippen LogP contribution in [0.2, 0.25) is 0 Å². The van der Waals surface area contributed by atoms with Crippen molar-refractivity contribution in [2.24, 2.45) is 0 Å². The Morgan fingerprint density at radius 3 is 2.40 bits per heavy atom. The van der Waals surface area contributed by atoms with Crippen LogP contribution in [-0.2, 0) is 0 Å². The molecule has 0 saturated carbocycles. The molecule has 1 aromatic rings. The van der Waals surface area contributed by atoms with Gasteiger partial charge in [0.25, 0.3) is 0 Å². The lowest BCUT2D eigenvalue weighted by Gasteiger charge is -2.21. The van der Waals surface area contributed by atoms with E-state index >= 15 is 0 Å². The second kappa shape index (κ2) is 4.67. The first-order valence-corrected chi connectivity index (χ1v) is 5.89. The average Bonchev–Trinajstić information content (AvgIpc) is 2.17. The van der Waals surface area contributed by atoms with Gasteiger partial charge in [-0.25, -0.2) is 9.97 Å². The highest BCUT2D eigenvalue weighted by Crippen LogP contribution is 2.26. The van der Waals surface area contributed by atoms with Crippen LogP contribution in [0, 0.1) is 0 Å². The smallest absolute Gasteiger partial charge is 0.191 e. The molecule has 0 spiro atoms. The molecule has 0 aromatic carbocycles. The van der Waals surface area contributed by atoms with Crippen LogP contribution in [-0.4, -0.2) is 28.3 Å². The van der Waals surface area contributed by atoms with Gasteiger partial charge in [0.1, 0.15) is 11.6 Å². The summed E-state index contributed by atoms with van der Waals surface area (Å²) >= 11 is 1.67. The van der Waals surface area contributed by atoms with E-state index in [0.717, 1.165) is 25.9 Å². The number of nitrogens with zero attached hydrogens (tertiary/aromatic N) is 2. The SMILES string of the molecule is Nc1cc(N)nc(SC2CCNCC2)n1. The number of thioether (sulfide) groups is 1. The molecular weight excluding hydrogens is 210 g/mol. The van der Waals surface area contributed by atoms with Gasteiger partial charge >= 0.3 is 0 Å². The zero-order chi connectivity index (χ0) is 10.7. The molecule has 2 heterocycles. The number of anilines is 2. The van der Waals surface area contributed by atoms with Crippen molar-refractivity contribution in [1.29, 1.82) is 0 Å². The molecular formula is C9H15N5S. The molecule has 0 bridgehead atoms. The molecule has 1 aromatic heterocycles. The van der Waals surface area contributed by atoms with Gasteiger partial charge in [0, 0.05) is 11.3 Å². The van der Waals surface area contributed by atoms with Gasteiger partial charge in [-0.1, -0.05) is 11.8 Å². The van der Waals surface area contributed by atoms with Gasteiger partial charge in [-0.3, -0.25) is 0 Å². The number of nitrogens with one attached hydrogen (secondary N) is 1. The molecule has 0 atom stereocenters. The predicted octanol–water partition coefficient (Wildman–Crippen LogP) is 0.485. The third-order valence-corrected chi connectivity index (χ3v) is 3.50. The summed E-state index contributed by atoms with van der Waals surface area (Å²) in [5.74, 6) is 0.887. The Morgan fingerprint density at radius 1 is 1.20 bits per heavy atom. The van der Waals surface area contributed by atoms with Crippen LogP contribution < -0.4 is 16.8 Å². The highest BCUT2D eigenvalue weighted by molar-refractivity contribution is 7.99. The van der Waals surface area contributed by atoms with Crippen molar-refractivity contribution in [3.8, 4) is 0 Å². The maximum atomic E-state index is 5.61. The standard InChI is InChI=1S/C9H15N5S/c10-7-5-8(11)14-9(13-7)15-6-1-3-12-4-2-6/h5-6,12H,1-4H2,(H4,10,11,13,14). The molecule has 1 aliphatic heterocycles. The molecule has 1 saturated heterocycles. The van der Waals surface area contributed by atoms with Crippen molar-refractivity contribution in [2.75, 3.05) is 24.6 Å². The van der Waals surface area contributed by atoms with Crippen LogP contribution in [0.1, 0.15) is 12.8 Å². The van der Waals surface area contributed by atoms with Gasteiger partial charge in [0.15, 0.2) is 5.16 Å². The van der Waals surface area contributed by atoms with Crippen LogP contribution in [0.3, 0.4) is 0 Å². The number of aromatic nitrogens is 2. The monoisotopic (exact) mass is 225 g/mol. The molecule has 5 nitrogen and oxygen atoms in total. The van der Waals surface area contributed by atoms with E-state index in [4.69, 9.17) is 11.5 Å². The summed E-state index contributed by atoms with van der Waals surface area (Å²) in [4.78, 5) is 8.31. The molecule has 15 heavy (non-hydrogen) atoms.